The van der Waals surface area contributed by atoms with Gasteiger partial charge in [-0.25, -0.2) is 8.42 Å². The number of anilines is 1. The fraction of sp³-hybridized carbons (Fsp3) is 0.172. The lowest BCUT2D eigenvalue weighted by Crippen LogP contribution is -2.28. The molecule has 0 bridgehead atoms. The lowest BCUT2D eigenvalue weighted by molar-refractivity contribution is -0.135. The second-order valence-corrected chi connectivity index (χ2v) is 19.6. The van der Waals surface area contributed by atoms with Gasteiger partial charge in [0.05, 0.1) is 34.0 Å². The zero-order valence-corrected chi connectivity index (χ0v) is 34.3. The van der Waals surface area contributed by atoms with E-state index in [-0.39, 0.29) is 40.9 Å². The Bertz CT molecular complexity index is 2990. The first-order chi connectivity index (χ1) is 27.2. The number of sulfone groups is 1. The third-order valence-corrected chi connectivity index (χ3v) is 12.7. The van der Waals surface area contributed by atoms with Gasteiger partial charge in [-0.2, -0.15) is 38.8 Å². The lowest BCUT2D eigenvalue weighted by Gasteiger charge is -2.15. The molecule has 4 aromatic carbocycles. The molecule has 0 aromatic heterocycles. The van der Waals surface area contributed by atoms with E-state index in [0.29, 0.717) is 23.9 Å². The topological polar surface area (TPSA) is 389 Å². The second kappa shape index (κ2) is 18.2. The van der Waals surface area contributed by atoms with Gasteiger partial charge in [0, 0.05) is 28.6 Å². The molecule has 0 fully saturated rings. The molecule has 0 aliphatic heterocycles. The molecule has 0 radical (unpaired) electrons. The summed E-state index contributed by atoms with van der Waals surface area (Å²) >= 11 is 0.505. The van der Waals surface area contributed by atoms with Crippen LogP contribution in [0.1, 0.15) is 0 Å². The molecule has 24 nitrogen and oxygen atoms in total. The van der Waals surface area contributed by atoms with Crippen LogP contribution in [-0.4, -0.2) is 108 Å². The van der Waals surface area contributed by atoms with E-state index in [2.05, 4.69) is 34.9 Å². The molecule has 0 amide bonds. The number of nitrogen functional groups attached to an aromatic ring is 1. The van der Waals surface area contributed by atoms with Gasteiger partial charge in [-0.15, -0.1) is 15.3 Å². The molecule has 0 atom stereocenters. The minimum absolute atomic E-state index is 0.0287. The third-order valence-electron chi connectivity index (χ3n) is 7.41. The van der Waals surface area contributed by atoms with Crippen molar-refractivity contribution < 1.29 is 79.7 Å². The maximum atomic E-state index is 12.8. The van der Waals surface area contributed by atoms with Crippen molar-refractivity contribution in [2.45, 2.75) is 24.5 Å². The number of benzene rings is 4. The first-order valence-corrected chi connectivity index (χ1v) is 23.5. The van der Waals surface area contributed by atoms with E-state index in [4.69, 9.17) is 15.4 Å². The van der Waals surface area contributed by atoms with Gasteiger partial charge in [-0.3, -0.25) is 23.1 Å². The number of likely N-dealkylation sites (N-methyl/N-ethyl adjacent to an activating group) is 1. The van der Waals surface area contributed by atoms with Crippen LogP contribution in [0.3, 0.4) is 0 Å². The van der Waals surface area contributed by atoms with Gasteiger partial charge in [0.15, 0.2) is 21.7 Å². The number of nitrogens with zero attached hydrogens (tertiary/aromatic N) is 5. The Morgan fingerprint density at radius 3 is 1.93 bits per heavy atom. The maximum Gasteiger partial charge on any atom is 0.433 e. The molecule has 0 unspecified atom stereocenters. The van der Waals surface area contributed by atoms with E-state index in [0.717, 1.165) is 30.3 Å². The first kappa shape index (κ1) is 46.8. The zero-order valence-electron chi connectivity index (χ0n) is 29.4. The number of thioether (sulfide) groups is 1. The molecule has 0 spiro atoms. The number of hydrogen-bond donors (Lipinski definition) is 7. The van der Waals surface area contributed by atoms with Crippen molar-refractivity contribution in [2.75, 3.05) is 38.2 Å². The number of aliphatic hydroxyl groups is 1. The van der Waals surface area contributed by atoms with Crippen LogP contribution in [0.2, 0.25) is 0 Å². The number of azo groups is 2. The molecular formula is C29H28N6O18S6. The summed E-state index contributed by atoms with van der Waals surface area (Å²) in [7, 11) is -23.0. The Morgan fingerprint density at radius 2 is 1.36 bits per heavy atom. The average Bonchev–Trinajstić information content (AvgIpc) is 3.11. The van der Waals surface area contributed by atoms with E-state index >= 15 is 0 Å². The molecule has 4 aromatic rings. The number of phenols is 1. The smallest absolute Gasteiger partial charge is 0.433 e. The van der Waals surface area contributed by atoms with E-state index in [1.54, 1.807) is 18.1 Å². The Hall–Kier alpha value is -4.88. The monoisotopic (exact) mass is 940 g/mol. The predicted octanol–water partition coefficient (Wildman–Crippen LogP) is 3.16. The highest BCUT2D eigenvalue weighted by atomic mass is 32.3. The predicted molar refractivity (Wildman–Crippen MR) is 205 cm³/mol. The van der Waals surface area contributed by atoms with Gasteiger partial charge in [-0.1, -0.05) is 0 Å². The van der Waals surface area contributed by atoms with Gasteiger partial charge < -0.3 is 20.8 Å². The Labute approximate surface area is 339 Å². The molecule has 59 heavy (non-hydrogen) atoms. The van der Waals surface area contributed by atoms with E-state index < -0.39 is 105 Å². The van der Waals surface area contributed by atoms with Crippen molar-refractivity contribution in [3.8, 4) is 17.1 Å². The molecular weight excluding hydrogens is 913 g/mol. The van der Waals surface area contributed by atoms with Gasteiger partial charge in [0.2, 0.25) is 0 Å². The highest BCUT2D eigenvalue weighted by Crippen LogP contribution is 2.48. The molecule has 30 heteroatoms. The van der Waals surface area contributed by atoms with Crippen molar-refractivity contribution in [3.63, 3.8) is 0 Å². The molecule has 0 aliphatic rings. The van der Waals surface area contributed by atoms with Crippen molar-refractivity contribution in [3.05, 3.63) is 54.6 Å². The van der Waals surface area contributed by atoms with Crippen LogP contribution in [-0.2, 0) is 59.8 Å². The summed E-state index contributed by atoms with van der Waals surface area (Å²) in [4.78, 5) is 2.06. The first-order valence-electron chi connectivity index (χ1n) is 15.4. The zero-order chi connectivity index (χ0) is 44.1. The highest BCUT2D eigenvalue weighted by Gasteiger charge is 2.29. The summed E-state index contributed by atoms with van der Waals surface area (Å²) in [5, 5.41) is 35.8. The standard InChI is InChI=1S/C29H28N6O18S6/c1-35(8-10-36)9-13-55(38,39)19-5-2-17(3-6-19)31-34-28-25(58(46,47)48)15-20-23(56(40,41)42)16-22(27(30)26(20)29(28)37)33-32-21-7-4-18(14-24(21)57(43,44)45)54-12-11-52-53-59(49,50)51/h2-7,14-16,36-37H,8-10,13,30H2,1H3,(H,40,41,42)(H,43,44,45)(H,46,47,48)(H,49,50,51). The summed E-state index contributed by atoms with van der Waals surface area (Å²) < 4.78 is 163. The minimum atomic E-state index is -5.37. The van der Waals surface area contributed by atoms with Crippen LogP contribution in [0, 0.1) is 11.4 Å². The summed E-state index contributed by atoms with van der Waals surface area (Å²) in [5.41, 5.74) is 3.06. The number of rotatable bonds is 16. The average molecular weight is 941 g/mol. The largest absolute Gasteiger partial charge is 0.505 e. The number of phenolic OH excluding ortho intramolecular Hbond substituents is 1. The van der Waals surface area contributed by atoms with Crippen LogP contribution >= 0.6 is 11.8 Å². The van der Waals surface area contributed by atoms with Crippen LogP contribution in [0.5, 0.6) is 5.75 Å². The summed E-state index contributed by atoms with van der Waals surface area (Å²) in [6, 6.07) is 8.60. The van der Waals surface area contributed by atoms with Crippen LogP contribution in [0.4, 0.5) is 28.4 Å². The van der Waals surface area contributed by atoms with Gasteiger partial charge in [0.25, 0.3) is 30.4 Å². The molecule has 8 N–H and O–H groups in total. The fourth-order valence-corrected chi connectivity index (χ4v) is 8.75. The molecule has 0 aliphatic carbocycles. The highest BCUT2D eigenvalue weighted by molar-refractivity contribution is 8.04. The van der Waals surface area contributed by atoms with Crippen LogP contribution < -0.4 is 5.73 Å². The van der Waals surface area contributed by atoms with Crippen LogP contribution in [0.15, 0.2) is 99.5 Å². The summed E-state index contributed by atoms with van der Waals surface area (Å²) in [6.45, 7) is 0.160. The number of hydrogen-bond acceptors (Lipinski definition) is 21. The summed E-state index contributed by atoms with van der Waals surface area (Å²) in [6.07, 6.45) is 1.71. The maximum absolute atomic E-state index is 12.8. The third kappa shape index (κ3) is 12.3. The van der Waals surface area contributed by atoms with E-state index in [1.165, 1.54) is 12.1 Å². The fourth-order valence-electron chi connectivity index (χ4n) is 4.71. The quantitative estimate of drug-likeness (QED) is 0.0161. The minimum Gasteiger partial charge on any atom is -0.505 e. The van der Waals surface area contributed by atoms with Crippen molar-refractivity contribution in [1.82, 2.24) is 4.90 Å². The number of nitrogens with two attached hydrogens (primary N) is 1. The van der Waals surface area contributed by atoms with Gasteiger partial charge in [-0.05, 0) is 77.7 Å². The molecule has 4 rings (SSSR count). The Morgan fingerprint density at radius 1 is 0.746 bits per heavy atom. The summed E-state index contributed by atoms with van der Waals surface area (Å²) in [5.74, 6) is -1.54. The van der Waals surface area contributed by atoms with Crippen LogP contribution in [0.25, 0.3) is 10.8 Å². The van der Waals surface area contributed by atoms with Crippen molar-refractivity contribution in [2.24, 2.45) is 20.5 Å². The Kier molecular flexibility index (Phi) is 14.4. The SMILES string of the molecule is CN(CCO)CCS(=O)(=O)c1ccc(N=Nc2c(S(=O)(=O)O)cc3c(S(=O)(=O)O)cc(N=Nc4ccc(SC#COOS(=O)(=O)O)cc4S(=O)(=O)O)c(N)c3c2O)cc1. The van der Waals surface area contributed by atoms with Gasteiger partial charge >= 0.3 is 10.4 Å². The second-order valence-electron chi connectivity index (χ2n) is 11.5. The number of aromatic hydroxyl groups is 1. The Balaban J connectivity index is 1.82. The van der Waals surface area contributed by atoms with Gasteiger partial charge in [0.1, 0.15) is 31.7 Å². The molecule has 0 heterocycles. The van der Waals surface area contributed by atoms with Crippen molar-refractivity contribution >= 4 is 102 Å². The van der Waals surface area contributed by atoms with E-state index in [9.17, 15) is 60.9 Å². The molecule has 318 valence electrons. The lowest BCUT2D eigenvalue weighted by atomic mass is 10.0. The normalized spacial score (nSPS) is 13.0. The van der Waals surface area contributed by atoms with E-state index in [1.807, 2.05) is 0 Å². The number of aliphatic hydroxyl groups excluding tert-OH is 1. The molecule has 0 saturated heterocycles. The molecule has 0 saturated carbocycles. The van der Waals surface area contributed by atoms with Crippen molar-refractivity contribution in [1.29, 1.82) is 0 Å². The number of fused-ring (bicyclic) bond motifs is 1.